The van der Waals surface area contributed by atoms with E-state index in [1.807, 2.05) is 12.1 Å². The van der Waals surface area contributed by atoms with E-state index in [1.54, 1.807) is 6.26 Å². The number of nitrogens with one attached hydrogen (secondary N) is 2. The minimum Gasteiger partial charge on any atom is -0.468 e. The third-order valence-corrected chi connectivity index (χ3v) is 6.85. The average Bonchev–Trinajstić information content (AvgIpc) is 3.54. The standard InChI is InChI=1S/C29H29F2N3O4/c1-2-17-4-3-5-18(8-17)13-32-14-25(35)24(11-19-9-21(30)12-22(31)10-19)33-29(36)23-16-37-26-7-6-20-15-38-34-28(20)27(23)26/h3-5,8-10,12,15-16,24-25,32,35H,2,6-7,11,13-14H2,1H3,(H,33,36)/t24-,25+/m0/s1. The summed E-state index contributed by atoms with van der Waals surface area (Å²) in [7, 11) is 0. The van der Waals surface area contributed by atoms with Crippen LogP contribution < -0.4 is 10.6 Å². The van der Waals surface area contributed by atoms with Gasteiger partial charge in [0, 0.05) is 31.1 Å². The molecule has 3 N–H and O–H groups in total. The van der Waals surface area contributed by atoms with Crippen LogP contribution in [0.1, 0.15) is 45.3 Å². The minimum absolute atomic E-state index is 0.0177. The Morgan fingerprint density at radius 2 is 1.87 bits per heavy atom. The van der Waals surface area contributed by atoms with Gasteiger partial charge in [-0.25, -0.2) is 8.78 Å². The maximum atomic E-state index is 13.9. The number of carbonyl (C=O) groups excluding carboxylic acids is 1. The molecule has 0 saturated heterocycles. The Labute approximate surface area is 218 Å². The molecule has 2 atom stereocenters. The SMILES string of the molecule is CCc1cccc(CNC[C@@H](O)[C@H](Cc2cc(F)cc(F)c2)NC(=O)c2coc3c2-c2nocc2CC3)c1. The highest BCUT2D eigenvalue weighted by molar-refractivity contribution is 6.01. The first-order valence-electron chi connectivity index (χ1n) is 12.7. The molecule has 1 aliphatic carbocycles. The predicted molar refractivity (Wildman–Crippen MR) is 136 cm³/mol. The van der Waals surface area contributed by atoms with Crippen molar-refractivity contribution in [2.75, 3.05) is 6.54 Å². The van der Waals surface area contributed by atoms with Crippen LogP contribution in [0, 0.1) is 11.6 Å². The molecule has 0 bridgehead atoms. The van der Waals surface area contributed by atoms with E-state index < -0.39 is 29.7 Å². The van der Waals surface area contributed by atoms with Gasteiger partial charge in [0.2, 0.25) is 0 Å². The summed E-state index contributed by atoms with van der Waals surface area (Å²) in [5, 5.41) is 21.2. The van der Waals surface area contributed by atoms with Gasteiger partial charge in [0.1, 0.15) is 35.6 Å². The zero-order valence-corrected chi connectivity index (χ0v) is 21.0. The number of furan rings is 1. The van der Waals surface area contributed by atoms with Gasteiger partial charge in [-0.1, -0.05) is 36.3 Å². The number of benzene rings is 2. The first-order valence-corrected chi connectivity index (χ1v) is 12.7. The molecule has 0 saturated carbocycles. The summed E-state index contributed by atoms with van der Waals surface area (Å²) in [5.41, 5.74) is 4.87. The second-order valence-electron chi connectivity index (χ2n) is 9.57. The molecule has 0 radical (unpaired) electrons. The summed E-state index contributed by atoms with van der Waals surface area (Å²) < 4.78 is 38.5. The number of aliphatic hydroxyl groups is 1. The Morgan fingerprint density at radius 1 is 1.08 bits per heavy atom. The van der Waals surface area contributed by atoms with Gasteiger partial charge in [0.25, 0.3) is 5.91 Å². The van der Waals surface area contributed by atoms with E-state index in [9.17, 15) is 18.7 Å². The first-order chi connectivity index (χ1) is 18.4. The van der Waals surface area contributed by atoms with Gasteiger partial charge in [-0.3, -0.25) is 4.79 Å². The summed E-state index contributed by atoms with van der Waals surface area (Å²) in [6.07, 6.45) is 4.11. The maximum Gasteiger partial charge on any atom is 0.255 e. The first kappa shape index (κ1) is 25.8. The largest absolute Gasteiger partial charge is 0.468 e. The summed E-state index contributed by atoms with van der Waals surface area (Å²) >= 11 is 0. The van der Waals surface area contributed by atoms with Crippen molar-refractivity contribution in [3.63, 3.8) is 0 Å². The number of aryl methyl sites for hydroxylation is 3. The van der Waals surface area contributed by atoms with Crippen molar-refractivity contribution in [3.05, 3.63) is 100 Å². The highest BCUT2D eigenvalue weighted by Gasteiger charge is 2.31. The fourth-order valence-electron chi connectivity index (χ4n) is 4.88. The fourth-order valence-corrected chi connectivity index (χ4v) is 4.88. The molecular weight excluding hydrogens is 492 g/mol. The molecule has 5 rings (SSSR count). The van der Waals surface area contributed by atoms with Crippen molar-refractivity contribution in [2.24, 2.45) is 0 Å². The van der Waals surface area contributed by atoms with Crippen LogP contribution in [0.2, 0.25) is 0 Å². The van der Waals surface area contributed by atoms with E-state index in [0.29, 0.717) is 42.0 Å². The molecule has 0 spiro atoms. The molecular formula is C29H29F2N3O4. The lowest BCUT2D eigenvalue weighted by molar-refractivity contribution is 0.0829. The number of aliphatic hydroxyl groups excluding tert-OH is 1. The lowest BCUT2D eigenvalue weighted by Gasteiger charge is -2.25. The number of rotatable bonds is 10. The van der Waals surface area contributed by atoms with Crippen LogP contribution >= 0.6 is 0 Å². The number of halogens is 2. The number of aromatic nitrogens is 1. The molecule has 198 valence electrons. The van der Waals surface area contributed by atoms with Gasteiger partial charge in [-0.2, -0.15) is 0 Å². The van der Waals surface area contributed by atoms with Crippen LogP contribution in [0.5, 0.6) is 0 Å². The number of hydrogen-bond donors (Lipinski definition) is 3. The Balaban J connectivity index is 1.33. The summed E-state index contributed by atoms with van der Waals surface area (Å²) in [6, 6.07) is 10.5. The quantitative estimate of drug-likeness (QED) is 0.287. The van der Waals surface area contributed by atoms with Crippen molar-refractivity contribution in [1.82, 2.24) is 15.8 Å². The second-order valence-corrected chi connectivity index (χ2v) is 9.57. The molecule has 4 aromatic rings. The summed E-state index contributed by atoms with van der Waals surface area (Å²) in [6.45, 7) is 2.75. The maximum absolute atomic E-state index is 13.9. The average molecular weight is 522 g/mol. The normalized spacial score (nSPS) is 14.0. The predicted octanol–water partition coefficient (Wildman–Crippen LogP) is 4.37. The van der Waals surface area contributed by atoms with Crippen LogP contribution in [0.15, 0.2) is 63.9 Å². The molecule has 0 unspecified atom stereocenters. The van der Waals surface area contributed by atoms with Gasteiger partial charge in [0.05, 0.1) is 23.3 Å². The van der Waals surface area contributed by atoms with Gasteiger partial charge >= 0.3 is 0 Å². The summed E-state index contributed by atoms with van der Waals surface area (Å²) in [5.74, 6) is -1.30. The molecule has 0 aliphatic heterocycles. The number of nitrogens with zero attached hydrogens (tertiary/aromatic N) is 1. The Hall–Kier alpha value is -3.82. The van der Waals surface area contributed by atoms with E-state index in [4.69, 9.17) is 8.94 Å². The molecule has 0 fully saturated rings. The third kappa shape index (κ3) is 5.69. The van der Waals surface area contributed by atoms with Crippen molar-refractivity contribution in [2.45, 2.75) is 51.3 Å². The number of fused-ring (bicyclic) bond motifs is 3. The van der Waals surface area contributed by atoms with E-state index in [0.717, 1.165) is 23.6 Å². The van der Waals surface area contributed by atoms with Crippen LogP contribution in [-0.4, -0.2) is 34.9 Å². The van der Waals surface area contributed by atoms with Crippen molar-refractivity contribution < 1.29 is 27.6 Å². The lowest BCUT2D eigenvalue weighted by Crippen LogP contribution is -2.48. The number of hydrogen-bond acceptors (Lipinski definition) is 6. The number of carbonyl (C=O) groups is 1. The van der Waals surface area contributed by atoms with Crippen LogP contribution in [0.3, 0.4) is 0 Å². The lowest BCUT2D eigenvalue weighted by atomic mass is 9.93. The van der Waals surface area contributed by atoms with Crippen molar-refractivity contribution in [1.29, 1.82) is 0 Å². The van der Waals surface area contributed by atoms with Gasteiger partial charge < -0.3 is 24.7 Å². The highest BCUT2D eigenvalue weighted by Crippen LogP contribution is 2.36. The molecule has 2 heterocycles. The van der Waals surface area contributed by atoms with Crippen molar-refractivity contribution in [3.8, 4) is 11.3 Å². The van der Waals surface area contributed by atoms with E-state index in [-0.39, 0.29) is 18.5 Å². The van der Waals surface area contributed by atoms with Crippen LogP contribution in [-0.2, 0) is 32.2 Å². The van der Waals surface area contributed by atoms with E-state index in [1.165, 1.54) is 24.0 Å². The zero-order valence-electron chi connectivity index (χ0n) is 21.0. The van der Waals surface area contributed by atoms with Crippen molar-refractivity contribution >= 4 is 5.91 Å². The summed E-state index contributed by atoms with van der Waals surface area (Å²) in [4.78, 5) is 13.4. The van der Waals surface area contributed by atoms with E-state index in [2.05, 4.69) is 34.8 Å². The van der Waals surface area contributed by atoms with Gasteiger partial charge in [0.15, 0.2) is 0 Å². The zero-order chi connectivity index (χ0) is 26.6. The van der Waals surface area contributed by atoms with Gasteiger partial charge in [-0.15, -0.1) is 0 Å². The molecule has 1 aliphatic rings. The minimum atomic E-state index is -1.05. The Kier molecular flexibility index (Phi) is 7.67. The Morgan fingerprint density at radius 3 is 2.66 bits per heavy atom. The smallest absolute Gasteiger partial charge is 0.255 e. The van der Waals surface area contributed by atoms with Gasteiger partial charge in [-0.05, 0) is 48.1 Å². The molecule has 2 aromatic heterocycles. The molecule has 7 nitrogen and oxygen atoms in total. The fraction of sp³-hybridized carbons (Fsp3) is 0.310. The molecule has 9 heteroatoms. The third-order valence-electron chi connectivity index (χ3n) is 6.85. The van der Waals surface area contributed by atoms with Crippen LogP contribution in [0.4, 0.5) is 8.78 Å². The topological polar surface area (TPSA) is 101 Å². The highest BCUT2D eigenvalue weighted by atomic mass is 19.1. The molecule has 1 amide bonds. The second kappa shape index (κ2) is 11.3. The van der Waals surface area contributed by atoms with Crippen LogP contribution in [0.25, 0.3) is 11.3 Å². The number of amides is 1. The molecule has 38 heavy (non-hydrogen) atoms. The molecule has 2 aromatic carbocycles. The Bertz CT molecular complexity index is 1410. The van der Waals surface area contributed by atoms with E-state index >= 15 is 0 Å². The monoisotopic (exact) mass is 521 g/mol.